The molecule has 1 aromatic carbocycles. The summed E-state index contributed by atoms with van der Waals surface area (Å²) >= 11 is 0. The molecule has 1 aromatic rings. The minimum atomic E-state index is -0.222. The first-order valence-electron chi connectivity index (χ1n) is 3.74. The van der Waals surface area contributed by atoms with Crippen molar-refractivity contribution >= 4 is 24.8 Å². The van der Waals surface area contributed by atoms with Crippen molar-refractivity contribution in [3.8, 4) is 0 Å². The molecule has 12 heavy (non-hydrogen) atoms. The Hall–Kier alpha value is -1.38. The molecular weight excluding hydrogens is 151 g/mol. The summed E-state index contributed by atoms with van der Waals surface area (Å²) in [4.78, 5) is 11.0. The maximum absolute atomic E-state index is 11.0. The topological polar surface area (TPSA) is 26.3 Å². The van der Waals surface area contributed by atoms with Crippen molar-refractivity contribution < 1.29 is 9.53 Å². The van der Waals surface area contributed by atoms with Crippen LogP contribution in [0.25, 0.3) is 0 Å². The van der Waals surface area contributed by atoms with Crippen molar-refractivity contribution in [2.45, 2.75) is 6.61 Å². The standard InChI is InChI=1S/C9H7BO2/c1-10-7-2-3-8-6(4-7)5-12-9(8)11/h2-4H,1,5H2. The van der Waals surface area contributed by atoms with Gasteiger partial charge in [0, 0.05) is 0 Å². The molecule has 2 rings (SSSR count). The van der Waals surface area contributed by atoms with Crippen LogP contribution < -0.4 is 5.46 Å². The normalized spacial score (nSPS) is 13.5. The SMILES string of the molecule is C=Bc1ccc2c(c1)COC2=O. The van der Waals surface area contributed by atoms with Crippen LogP contribution in [-0.4, -0.2) is 19.4 Å². The second-order valence-corrected chi connectivity index (χ2v) is 2.70. The second-order valence-electron chi connectivity index (χ2n) is 2.70. The Kier molecular flexibility index (Phi) is 1.57. The monoisotopic (exact) mass is 158 g/mol. The van der Waals surface area contributed by atoms with Gasteiger partial charge in [-0.05, 0) is 0 Å². The Labute approximate surface area is 71.1 Å². The summed E-state index contributed by atoms with van der Waals surface area (Å²) in [5.41, 5.74) is 2.66. The zero-order chi connectivity index (χ0) is 8.55. The molecule has 0 unspecified atom stereocenters. The Morgan fingerprint density at radius 3 is 3.08 bits per heavy atom. The number of benzene rings is 1. The molecule has 0 aromatic heterocycles. The summed E-state index contributed by atoms with van der Waals surface area (Å²) in [7, 11) is 0. The summed E-state index contributed by atoms with van der Waals surface area (Å²) in [6.45, 7) is 5.80. The van der Waals surface area contributed by atoms with Crippen LogP contribution in [0.5, 0.6) is 0 Å². The van der Waals surface area contributed by atoms with Crippen LogP contribution in [0.15, 0.2) is 18.2 Å². The van der Waals surface area contributed by atoms with Gasteiger partial charge in [-0.25, -0.2) is 0 Å². The first kappa shape index (κ1) is 7.28. The van der Waals surface area contributed by atoms with E-state index in [-0.39, 0.29) is 5.97 Å². The molecule has 1 aliphatic rings. The quantitative estimate of drug-likeness (QED) is 0.428. The summed E-state index contributed by atoms with van der Waals surface area (Å²) in [6, 6.07) is 5.56. The van der Waals surface area contributed by atoms with Gasteiger partial charge in [-0.1, -0.05) is 0 Å². The average molecular weight is 158 g/mol. The van der Waals surface area contributed by atoms with E-state index in [0.717, 1.165) is 11.0 Å². The third kappa shape index (κ3) is 0.980. The molecule has 0 fully saturated rings. The molecule has 2 nitrogen and oxygen atoms in total. The minimum absolute atomic E-state index is 0.222. The zero-order valence-electron chi connectivity index (χ0n) is 6.54. The predicted octanol–water partition coefficient (Wildman–Crippen LogP) is 0.118. The van der Waals surface area contributed by atoms with Gasteiger partial charge in [0.05, 0.1) is 0 Å². The molecule has 0 spiro atoms. The molecule has 3 heteroatoms. The fourth-order valence-corrected chi connectivity index (χ4v) is 1.28. The van der Waals surface area contributed by atoms with E-state index in [1.807, 2.05) is 12.1 Å². The Bertz CT molecular complexity index is 358. The van der Waals surface area contributed by atoms with E-state index in [1.54, 1.807) is 13.0 Å². The van der Waals surface area contributed by atoms with Gasteiger partial charge < -0.3 is 0 Å². The van der Waals surface area contributed by atoms with Crippen molar-refractivity contribution in [1.82, 2.24) is 0 Å². The van der Waals surface area contributed by atoms with E-state index in [1.165, 1.54) is 0 Å². The van der Waals surface area contributed by atoms with E-state index in [9.17, 15) is 4.79 Å². The molecule has 0 aliphatic carbocycles. The number of esters is 1. The van der Waals surface area contributed by atoms with Crippen LogP contribution in [0.2, 0.25) is 0 Å². The van der Waals surface area contributed by atoms with Crippen molar-refractivity contribution in [3.63, 3.8) is 0 Å². The van der Waals surface area contributed by atoms with Crippen LogP contribution in [0.3, 0.4) is 0 Å². The number of hydrogen-bond donors (Lipinski definition) is 0. The fourth-order valence-electron chi connectivity index (χ4n) is 1.28. The van der Waals surface area contributed by atoms with Gasteiger partial charge in [0.25, 0.3) is 0 Å². The van der Waals surface area contributed by atoms with Gasteiger partial charge in [-0.15, -0.1) is 0 Å². The van der Waals surface area contributed by atoms with Gasteiger partial charge in [0.15, 0.2) is 0 Å². The molecule has 0 bridgehead atoms. The molecule has 0 amide bonds. The molecule has 0 atom stereocenters. The number of ether oxygens (including phenoxy) is 1. The summed E-state index contributed by atoms with van der Waals surface area (Å²) in [5, 5.41) is 0. The number of hydrogen-bond acceptors (Lipinski definition) is 2. The van der Waals surface area contributed by atoms with Gasteiger partial charge in [0.2, 0.25) is 0 Å². The summed E-state index contributed by atoms with van der Waals surface area (Å²) in [5.74, 6) is -0.222. The molecule has 1 aliphatic heterocycles. The van der Waals surface area contributed by atoms with Crippen LogP contribution in [0.1, 0.15) is 15.9 Å². The maximum atomic E-state index is 11.0. The second kappa shape index (κ2) is 2.59. The fraction of sp³-hybridized carbons (Fsp3) is 0.111. The number of carbonyl (C=O) groups is 1. The molecule has 58 valence electrons. The van der Waals surface area contributed by atoms with E-state index < -0.39 is 0 Å². The van der Waals surface area contributed by atoms with Crippen molar-refractivity contribution in [3.05, 3.63) is 29.3 Å². The number of cyclic esters (lactones) is 1. The van der Waals surface area contributed by atoms with Crippen molar-refractivity contribution in [2.75, 3.05) is 0 Å². The van der Waals surface area contributed by atoms with E-state index in [0.29, 0.717) is 12.2 Å². The van der Waals surface area contributed by atoms with Crippen LogP contribution in [0, 0.1) is 0 Å². The van der Waals surface area contributed by atoms with Crippen LogP contribution in [-0.2, 0) is 11.3 Å². The number of carbonyl (C=O) groups excluding carboxylic acids is 1. The predicted molar refractivity (Wildman–Crippen MR) is 48.1 cm³/mol. The third-order valence-corrected chi connectivity index (χ3v) is 1.94. The molecule has 0 saturated carbocycles. The Balaban J connectivity index is 2.55. The summed E-state index contributed by atoms with van der Waals surface area (Å²) < 4.78 is 4.85. The molecule has 0 radical (unpaired) electrons. The van der Waals surface area contributed by atoms with Crippen molar-refractivity contribution in [2.24, 2.45) is 0 Å². The molecule has 0 N–H and O–H groups in total. The Morgan fingerprint density at radius 1 is 1.50 bits per heavy atom. The van der Waals surface area contributed by atoms with Crippen LogP contribution >= 0.6 is 0 Å². The molecule has 1 heterocycles. The first-order chi connectivity index (χ1) is 5.81. The number of rotatable bonds is 1. The molecule has 0 saturated heterocycles. The summed E-state index contributed by atoms with van der Waals surface area (Å²) in [6.07, 6.45) is 0. The first-order valence-corrected chi connectivity index (χ1v) is 3.74. The van der Waals surface area contributed by atoms with E-state index >= 15 is 0 Å². The van der Waals surface area contributed by atoms with Gasteiger partial charge in [-0.2, -0.15) is 0 Å². The molecular formula is C9H7BO2. The number of fused-ring (bicyclic) bond motifs is 1. The zero-order valence-corrected chi connectivity index (χ0v) is 6.54. The Morgan fingerprint density at radius 2 is 2.33 bits per heavy atom. The van der Waals surface area contributed by atoms with Gasteiger partial charge in [0.1, 0.15) is 0 Å². The van der Waals surface area contributed by atoms with Crippen LogP contribution in [0.4, 0.5) is 0 Å². The van der Waals surface area contributed by atoms with E-state index in [2.05, 4.69) is 6.47 Å². The van der Waals surface area contributed by atoms with Gasteiger partial charge in [-0.3, -0.25) is 0 Å². The average Bonchev–Trinajstić information content (AvgIpc) is 2.47. The van der Waals surface area contributed by atoms with E-state index in [4.69, 9.17) is 4.74 Å². The van der Waals surface area contributed by atoms with Crippen molar-refractivity contribution in [1.29, 1.82) is 0 Å². The van der Waals surface area contributed by atoms with Gasteiger partial charge >= 0.3 is 70.3 Å². The third-order valence-electron chi connectivity index (χ3n) is 1.94.